The van der Waals surface area contributed by atoms with Crippen molar-refractivity contribution in [3.05, 3.63) is 46.3 Å². The predicted molar refractivity (Wildman–Crippen MR) is 128 cm³/mol. The molecule has 2 amide bonds. The van der Waals surface area contributed by atoms with E-state index in [0.29, 0.717) is 61.5 Å². The van der Waals surface area contributed by atoms with Crippen LogP contribution in [0.15, 0.2) is 18.2 Å². The van der Waals surface area contributed by atoms with Gasteiger partial charge in [-0.25, -0.2) is 0 Å². The molecule has 1 aliphatic heterocycles. The second kappa shape index (κ2) is 8.75. The fraction of sp³-hybridized carbons (Fsp3) is 0.556. The number of aromatic nitrogens is 2. The molecule has 3 aliphatic carbocycles. The summed E-state index contributed by atoms with van der Waals surface area (Å²) in [6, 6.07) is 6.97. The van der Waals surface area contributed by atoms with E-state index in [-0.39, 0.29) is 24.1 Å². The van der Waals surface area contributed by atoms with Gasteiger partial charge in [0.2, 0.25) is 5.91 Å². The number of ether oxygens (including phenoxy) is 1. The number of nitriles is 1. The molecular weight excluding hydrogens is 499 g/mol. The van der Waals surface area contributed by atoms with Crippen molar-refractivity contribution in [1.82, 2.24) is 20.4 Å². The lowest BCUT2D eigenvalue weighted by Crippen LogP contribution is -2.50. The molecule has 0 saturated heterocycles. The standard InChI is InChI=1S/C27H28F3N5O3/c28-27(29,30)15-38-18-3-4-19-17(11-18)5-7-26(19)12-20-22(23(36)33-26)21(35(34-20)10-6-16-1-2-16)13-32-24(37)25(14-31)8-9-25/h3-4,11,16H,1-2,5-10,12-13,15H2,(H,32,37)(H,33,36)/t26-/m0/s1. The summed E-state index contributed by atoms with van der Waals surface area (Å²) in [5, 5.41) is 20.2. The second-order valence-electron chi connectivity index (χ2n) is 11.0. The number of amides is 2. The van der Waals surface area contributed by atoms with Crippen LogP contribution < -0.4 is 15.4 Å². The van der Waals surface area contributed by atoms with Gasteiger partial charge in [-0.15, -0.1) is 0 Å². The Bertz CT molecular complexity index is 1350. The van der Waals surface area contributed by atoms with Gasteiger partial charge in [0.15, 0.2) is 6.61 Å². The molecule has 2 N–H and O–H groups in total. The summed E-state index contributed by atoms with van der Waals surface area (Å²) in [6.07, 6.45) is 1.62. The number of nitrogens with one attached hydrogen (secondary N) is 2. The van der Waals surface area contributed by atoms with Crippen LogP contribution in [-0.2, 0) is 36.3 Å². The number of benzene rings is 1. The molecule has 6 rings (SSSR count). The number of carbonyl (C=O) groups excluding carboxylic acids is 2. The van der Waals surface area contributed by atoms with Crippen LogP contribution in [0.2, 0.25) is 0 Å². The summed E-state index contributed by atoms with van der Waals surface area (Å²) in [5.74, 6) is 0.209. The van der Waals surface area contributed by atoms with E-state index >= 15 is 0 Å². The molecule has 2 aromatic rings. The van der Waals surface area contributed by atoms with Gasteiger partial charge in [-0.2, -0.15) is 23.5 Å². The van der Waals surface area contributed by atoms with Crippen LogP contribution in [0, 0.1) is 22.7 Å². The van der Waals surface area contributed by atoms with E-state index in [1.54, 1.807) is 12.1 Å². The van der Waals surface area contributed by atoms with Gasteiger partial charge in [-0.05, 0) is 61.3 Å². The number of halogens is 3. The minimum Gasteiger partial charge on any atom is -0.484 e. The van der Waals surface area contributed by atoms with Crippen LogP contribution in [0.25, 0.3) is 0 Å². The molecule has 0 radical (unpaired) electrons. The number of aryl methyl sites for hydroxylation is 2. The average Bonchev–Trinajstić information content (AvgIpc) is 3.80. The summed E-state index contributed by atoms with van der Waals surface area (Å²) in [7, 11) is 0. The van der Waals surface area contributed by atoms with E-state index in [9.17, 15) is 28.0 Å². The third kappa shape index (κ3) is 4.50. The number of carbonyl (C=O) groups is 2. The fourth-order valence-corrected chi connectivity index (χ4v) is 5.77. The molecule has 2 fully saturated rings. The third-order valence-electron chi connectivity index (χ3n) is 8.26. The van der Waals surface area contributed by atoms with Crippen molar-refractivity contribution in [2.75, 3.05) is 6.61 Å². The lowest BCUT2D eigenvalue weighted by molar-refractivity contribution is -0.153. The predicted octanol–water partition coefficient (Wildman–Crippen LogP) is 3.67. The Morgan fingerprint density at radius 3 is 2.76 bits per heavy atom. The molecule has 200 valence electrons. The maximum Gasteiger partial charge on any atom is 0.422 e. The minimum atomic E-state index is -4.42. The first-order valence-electron chi connectivity index (χ1n) is 13.0. The van der Waals surface area contributed by atoms with Crippen LogP contribution in [0.4, 0.5) is 13.2 Å². The average molecular weight is 528 g/mol. The first-order chi connectivity index (χ1) is 18.1. The van der Waals surface area contributed by atoms with Crippen LogP contribution in [-0.4, -0.2) is 34.4 Å². The Hall–Kier alpha value is -3.55. The van der Waals surface area contributed by atoms with Crippen molar-refractivity contribution in [1.29, 1.82) is 5.26 Å². The molecular formula is C27H28F3N5O3. The number of nitrogens with zero attached hydrogens (tertiary/aromatic N) is 3. The van der Waals surface area contributed by atoms with E-state index in [4.69, 9.17) is 9.84 Å². The summed E-state index contributed by atoms with van der Waals surface area (Å²) >= 11 is 0. The molecule has 1 spiro atoms. The quantitative estimate of drug-likeness (QED) is 0.545. The lowest BCUT2D eigenvalue weighted by atomic mass is 9.82. The van der Waals surface area contributed by atoms with Crippen molar-refractivity contribution in [3.63, 3.8) is 0 Å². The molecule has 4 aliphatic rings. The first-order valence-corrected chi connectivity index (χ1v) is 13.0. The third-order valence-corrected chi connectivity index (χ3v) is 8.26. The molecule has 8 nitrogen and oxygen atoms in total. The summed E-state index contributed by atoms with van der Waals surface area (Å²) in [6.45, 7) is -0.598. The number of alkyl halides is 3. The lowest BCUT2D eigenvalue weighted by Gasteiger charge is -2.35. The van der Waals surface area contributed by atoms with Crippen molar-refractivity contribution in [3.8, 4) is 11.8 Å². The van der Waals surface area contributed by atoms with Gasteiger partial charge in [-0.1, -0.05) is 18.9 Å². The summed E-state index contributed by atoms with van der Waals surface area (Å²) in [5.41, 5.74) is 1.82. The SMILES string of the molecule is N#CC1(C(=O)NCc2c3c(nn2CCC2CC2)C[C@]2(CCc4cc(OCC(F)(F)F)ccc42)NC3=O)CC1. The maximum absolute atomic E-state index is 13.6. The summed E-state index contributed by atoms with van der Waals surface area (Å²) < 4.78 is 44.5. The molecule has 0 bridgehead atoms. The highest BCUT2D eigenvalue weighted by Gasteiger charge is 2.51. The van der Waals surface area contributed by atoms with Crippen LogP contribution >= 0.6 is 0 Å². The molecule has 0 unspecified atom stereocenters. The Balaban J connectivity index is 1.26. The second-order valence-corrected chi connectivity index (χ2v) is 11.0. The number of fused-ring (bicyclic) bond motifs is 3. The molecule has 1 aromatic heterocycles. The zero-order valence-corrected chi connectivity index (χ0v) is 20.8. The van der Waals surface area contributed by atoms with Crippen LogP contribution in [0.1, 0.15) is 71.4 Å². The first kappa shape index (κ1) is 24.8. The highest BCUT2D eigenvalue weighted by atomic mass is 19.4. The van der Waals surface area contributed by atoms with E-state index in [2.05, 4.69) is 16.7 Å². The topological polar surface area (TPSA) is 109 Å². The van der Waals surface area contributed by atoms with Gasteiger partial charge < -0.3 is 15.4 Å². The van der Waals surface area contributed by atoms with Crippen molar-refractivity contribution >= 4 is 11.8 Å². The summed E-state index contributed by atoms with van der Waals surface area (Å²) in [4.78, 5) is 26.2. The minimum absolute atomic E-state index is 0.117. The van der Waals surface area contributed by atoms with Crippen LogP contribution in [0.3, 0.4) is 0 Å². The monoisotopic (exact) mass is 527 g/mol. The van der Waals surface area contributed by atoms with Crippen molar-refractivity contribution < 1.29 is 27.5 Å². The van der Waals surface area contributed by atoms with E-state index in [0.717, 1.165) is 17.5 Å². The largest absolute Gasteiger partial charge is 0.484 e. The fourth-order valence-electron chi connectivity index (χ4n) is 5.77. The smallest absolute Gasteiger partial charge is 0.422 e. The Kier molecular flexibility index (Phi) is 5.70. The highest BCUT2D eigenvalue weighted by Crippen LogP contribution is 2.46. The zero-order valence-electron chi connectivity index (χ0n) is 20.8. The van der Waals surface area contributed by atoms with Gasteiger partial charge in [0.05, 0.1) is 35.1 Å². The van der Waals surface area contributed by atoms with Crippen molar-refractivity contribution in [2.45, 2.75) is 76.2 Å². The van der Waals surface area contributed by atoms with Gasteiger partial charge >= 0.3 is 6.18 Å². The van der Waals surface area contributed by atoms with E-state index in [1.807, 2.05) is 4.68 Å². The van der Waals surface area contributed by atoms with Gasteiger partial charge in [-0.3, -0.25) is 14.3 Å². The molecule has 1 aromatic carbocycles. The van der Waals surface area contributed by atoms with Gasteiger partial charge in [0.1, 0.15) is 11.2 Å². The Labute approximate surface area is 217 Å². The van der Waals surface area contributed by atoms with E-state index < -0.39 is 23.7 Å². The molecule has 1 atom stereocenters. The number of hydrogen-bond donors (Lipinski definition) is 2. The van der Waals surface area contributed by atoms with Gasteiger partial charge in [0, 0.05) is 13.0 Å². The number of hydrogen-bond acceptors (Lipinski definition) is 5. The van der Waals surface area contributed by atoms with Gasteiger partial charge in [0.25, 0.3) is 5.91 Å². The van der Waals surface area contributed by atoms with Crippen molar-refractivity contribution in [2.24, 2.45) is 11.3 Å². The molecule has 38 heavy (non-hydrogen) atoms. The Morgan fingerprint density at radius 1 is 1.29 bits per heavy atom. The molecule has 11 heteroatoms. The normalized spacial score (nSPS) is 22.8. The molecule has 2 heterocycles. The van der Waals surface area contributed by atoms with E-state index in [1.165, 1.54) is 18.9 Å². The van der Waals surface area contributed by atoms with Crippen LogP contribution in [0.5, 0.6) is 5.75 Å². The molecule has 2 saturated carbocycles. The Morgan fingerprint density at radius 2 is 2.08 bits per heavy atom. The maximum atomic E-state index is 13.6. The number of rotatable bonds is 8. The zero-order chi connectivity index (χ0) is 26.7. The highest BCUT2D eigenvalue weighted by molar-refractivity contribution is 5.98.